The largest absolute Gasteiger partial charge is 0.389 e. The van der Waals surface area contributed by atoms with Crippen LogP contribution in [0.2, 0.25) is 0 Å². The molecule has 4 aliphatic rings. The van der Waals surface area contributed by atoms with Crippen molar-refractivity contribution in [2.45, 2.75) is 71.3 Å². The van der Waals surface area contributed by atoms with Gasteiger partial charge >= 0.3 is 0 Å². The summed E-state index contributed by atoms with van der Waals surface area (Å²) in [5.41, 5.74) is 1.82. The molecule has 2 heteroatoms. The van der Waals surface area contributed by atoms with Crippen LogP contribution in [0.1, 0.15) is 65.2 Å². The summed E-state index contributed by atoms with van der Waals surface area (Å²) in [6, 6.07) is 0. The number of ketones is 1. The fraction of sp³-hybridized carbons (Fsp3) is 0.842. The molecule has 21 heavy (non-hydrogen) atoms. The maximum atomic E-state index is 12.4. The highest BCUT2D eigenvalue weighted by Crippen LogP contribution is 2.64. The zero-order valence-electron chi connectivity index (χ0n) is 13.4. The highest BCUT2D eigenvalue weighted by molar-refractivity contribution is 5.87. The Balaban J connectivity index is 1.69. The van der Waals surface area contributed by atoms with Gasteiger partial charge < -0.3 is 5.11 Å². The molecule has 0 radical (unpaired) electrons. The minimum absolute atomic E-state index is 0.00702. The van der Waals surface area contributed by atoms with E-state index in [0.717, 1.165) is 50.4 Å². The molecule has 4 rings (SSSR count). The van der Waals surface area contributed by atoms with Gasteiger partial charge in [-0.25, -0.2) is 0 Å². The van der Waals surface area contributed by atoms with E-state index < -0.39 is 0 Å². The van der Waals surface area contributed by atoms with Crippen molar-refractivity contribution in [3.63, 3.8) is 0 Å². The number of carbonyl (C=O) groups is 1. The van der Waals surface area contributed by atoms with Crippen LogP contribution >= 0.6 is 0 Å². The monoisotopic (exact) mass is 288 g/mol. The normalized spacial score (nSPS) is 52.7. The molecule has 2 nitrogen and oxygen atoms in total. The molecule has 0 aromatic heterocycles. The van der Waals surface area contributed by atoms with E-state index in [4.69, 9.17) is 0 Å². The van der Waals surface area contributed by atoms with E-state index >= 15 is 0 Å². The van der Waals surface area contributed by atoms with Crippen molar-refractivity contribution in [2.24, 2.45) is 28.6 Å². The lowest BCUT2D eigenvalue weighted by atomic mass is 9.47. The van der Waals surface area contributed by atoms with Crippen LogP contribution in [0, 0.1) is 28.6 Å². The third-order valence-electron chi connectivity index (χ3n) is 7.80. The lowest BCUT2D eigenvalue weighted by Gasteiger charge is -2.57. The maximum Gasteiger partial charge on any atom is 0.139 e. The Morgan fingerprint density at radius 1 is 1.00 bits per heavy atom. The first-order chi connectivity index (χ1) is 9.95. The lowest BCUT2D eigenvalue weighted by molar-refractivity contribution is -0.132. The predicted molar refractivity (Wildman–Crippen MR) is 82.7 cm³/mol. The number of rotatable bonds is 0. The van der Waals surface area contributed by atoms with E-state index in [1.54, 1.807) is 0 Å². The molecule has 0 aromatic carbocycles. The third kappa shape index (κ3) is 1.78. The number of carbonyl (C=O) groups excluding carboxylic acids is 1. The Kier molecular flexibility index (Phi) is 2.96. The number of hydrogen-bond donors (Lipinski definition) is 1. The predicted octanol–water partition coefficient (Wildman–Crippen LogP) is 3.88. The fourth-order valence-corrected chi connectivity index (χ4v) is 6.48. The quantitative estimate of drug-likeness (QED) is 0.687. The number of Topliss-reactive ketones (excluding diaryl/α,β-unsaturated/α-hetero) is 1. The summed E-state index contributed by atoms with van der Waals surface area (Å²) >= 11 is 0. The van der Waals surface area contributed by atoms with Crippen LogP contribution in [0.4, 0.5) is 0 Å². The second kappa shape index (κ2) is 4.44. The molecule has 0 saturated heterocycles. The Labute approximate surface area is 128 Å². The van der Waals surface area contributed by atoms with Crippen LogP contribution in [0.3, 0.4) is 0 Å². The zero-order valence-corrected chi connectivity index (χ0v) is 13.4. The van der Waals surface area contributed by atoms with E-state index in [1.165, 1.54) is 18.4 Å². The molecular formula is C19H28O2. The van der Waals surface area contributed by atoms with Crippen LogP contribution in [-0.2, 0) is 4.79 Å². The van der Waals surface area contributed by atoms with Crippen molar-refractivity contribution in [1.29, 1.82) is 0 Å². The Bertz CT molecular complexity index is 508. The van der Waals surface area contributed by atoms with E-state index in [2.05, 4.69) is 19.9 Å². The zero-order chi connectivity index (χ0) is 14.8. The second-order valence-electron chi connectivity index (χ2n) is 8.55. The van der Waals surface area contributed by atoms with Crippen molar-refractivity contribution in [3.8, 4) is 0 Å². The number of fused-ring (bicyclic) bond motifs is 5. The molecule has 3 fully saturated rings. The van der Waals surface area contributed by atoms with Gasteiger partial charge in [-0.15, -0.1) is 0 Å². The highest BCUT2D eigenvalue weighted by atomic mass is 16.3. The van der Waals surface area contributed by atoms with E-state index in [9.17, 15) is 9.90 Å². The maximum absolute atomic E-state index is 12.4. The van der Waals surface area contributed by atoms with Crippen molar-refractivity contribution in [2.75, 3.05) is 0 Å². The molecular weight excluding hydrogens is 260 g/mol. The first-order valence-corrected chi connectivity index (χ1v) is 8.88. The summed E-state index contributed by atoms with van der Waals surface area (Å²) in [5, 5.41) is 9.96. The third-order valence-corrected chi connectivity index (χ3v) is 7.80. The van der Waals surface area contributed by atoms with Crippen molar-refractivity contribution < 1.29 is 9.90 Å². The second-order valence-corrected chi connectivity index (χ2v) is 8.55. The van der Waals surface area contributed by atoms with Crippen LogP contribution in [0.15, 0.2) is 11.6 Å². The first kappa shape index (κ1) is 14.0. The lowest BCUT2D eigenvalue weighted by Crippen LogP contribution is -2.50. The van der Waals surface area contributed by atoms with Gasteiger partial charge in [0, 0.05) is 11.8 Å². The van der Waals surface area contributed by atoms with Gasteiger partial charge in [0.2, 0.25) is 0 Å². The number of hydrogen-bond acceptors (Lipinski definition) is 2. The summed E-state index contributed by atoms with van der Waals surface area (Å²) < 4.78 is 0. The molecule has 0 aliphatic heterocycles. The molecule has 0 heterocycles. The molecule has 0 spiro atoms. The Morgan fingerprint density at radius 2 is 1.71 bits per heavy atom. The van der Waals surface area contributed by atoms with Gasteiger partial charge in [-0.2, -0.15) is 0 Å². The minimum atomic E-state index is -0.216. The molecule has 0 aromatic rings. The summed E-state index contributed by atoms with van der Waals surface area (Å²) in [6.45, 7) is 4.70. The molecule has 3 saturated carbocycles. The van der Waals surface area contributed by atoms with Gasteiger partial charge in [0.15, 0.2) is 0 Å². The summed E-state index contributed by atoms with van der Waals surface area (Å²) in [6.07, 6.45) is 10.7. The summed E-state index contributed by atoms with van der Waals surface area (Å²) in [7, 11) is 0. The van der Waals surface area contributed by atoms with Crippen LogP contribution in [0.5, 0.6) is 0 Å². The molecule has 5 unspecified atom stereocenters. The molecule has 4 aliphatic carbocycles. The number of allylic oxidation sites excluding steroid dienone is 1. The topological polar surface area (TPSA) is 37.3 Å². The fourth-order valence-electron chi connectivity index (χ4n) is 6.48. The van der Waals surface area contributed by atoms with Gasteiger partial charge in [-0.1, -0.05) is 25.5 Å². The average molecular weight is 288 g/mol. The molecule has 116 valence electrons. The smallest absolute Gasteiger partial charge is 0.139 e. The van der Waals surface area contributed by atoms with Gasteiger partial charge in [0.05, 0.1) is 6.10 Å². The van der Waals surface area contributed by atoms with Gasteiger partial charge in [-0.05, 0) is 68.1 Å². The van der Waals surface area contributed by atoms with E-state index in [1.807, 2.05) is 0 Å². The summed E-state index contributed by atoms with van der Waals surface area (Å²) in [5.74, 6) is 2.66. The Hall–Kier alpha value is -0.630. The summed E-state index contributed by atoms with van der Waals surface area (Å²) in [4.78, 5) is 12.4. The highest BCUT2D eigenvalue weighted by Gasteiger charge is 2.58. The first-order valence-electron chi connectivity index (χ1n) is 8.88. The number of aliphatic hydroxyl groups is 1. The molecule has 0 bridgehead atoms. The standard InChI is InChI=1S/C19H28O2/c1-18-9-7-13(20)11-12(18)3-4-14-15-5-6-17(21)19(15,2)10-8-16(14)18/h11,13-16,20H,3-10H2,1-2H3/t13?,14?,15?,16?,18-,19?/m0/s1. The molecule has 0 amide bonds. The van der Waals surface area contributed by atoms with E-state index in [-0.39, 0.29) is 11.5 Å². The SMILES string of the molecule is CC12CCC3C(CCC4=CC(O)CC[C@@]43C)C1CCC2=O. The minimum Gasteiger partial charge on any atom is -0.389 e. The number of aliphatic hydroxyl groups excluding tert-OH is 1. The van der Waals surface area contributed by atoms with Crippen molar-refractivity contribution >= 4 is 5.78 Å². The van der Waals surface area contributed by atoms with Crippen LogP contribution < -0.4 is 0 Å². The average Bonchev–Trinajstić information content (AvgIpc) is 2.76. The van der Waals surface area contributed by atoms with Crippen molar-refractivity contribution in [3.05, 3.63) is 11.6 Å². The van der Waals surface area contributed by atoms with Crippen molar-refractivity contribution in [1.82, 2.24) is 0 Å². The molecule has 1 N–H and O–H groups in total. The van der Waals surface area contributed by atoms with Gasteiger partial charge in [0.1, 0.15) is 5.78 Å². The van der Waals surface area contributed by atoms with E-state index in [0.29, 0.717) is 17.1 Å². The molecule has 6 atom stereocenters. The van der Waals surface area contributed by atoms with Gasteiger partial charge in [-0.3, -0.25) is 4.79 Å². The van der Waals surface area contributed by atoms with Gasteiger partial charge in [0.25, 0.3) is 0 Å². The van der Waals surface area contributed by atoms with Crippen LogP contribution in [-0.4, -0.2) is 17.0 Å². The Morgan fingerprint density at radius 3 is 2.52 bits per heavy atom. The van der Waals surface area contributed by atoms with Crippen LogP contribution in [0.25, 0.3) is 0 Å².